The number of alkyl halides is 2. The van der Waals surface area contributed by atoms with Crippen molar-refractivity contribution >= 4 is 17.3 Å². The van der Waals surface area contributed by atoms with Gasteiger partial charge in [-0.2, -0.15) is 8.78 Å². The molecule has 0 unspecified atom stereocenters. The van der Waals surface area contributed by atoms with Crippen LogP contribution in [0, 0.1) is 0 Å². The predicted molar refractivity (Wildman–Crippen MR) is 104 cm³/mol. The van der Waals surface area contributed by atoms with Crippen molar-refractivity contribution in [3.8, 4) is 17.2 Å². The Morgan fingerprint density at radius 3 is 2.63 bits per heavy atom. The van der Waals surface area contributed by atoms with Crippen molar-refractivity contribution in [1.29, 1.82) is 0 Å². The van der Waals surface area contributed by atoms with E-state index in [1.54, 1.807) is 43.5 Å². The van der Waals surface area contributed by atoms with E-state index < -0.39 is 12.6 Å². The summed E-state index contributed by atoms with van der Waals surface area (Å²) in [6, 6.07) is 11.5. The van der Waals surface area contributed by atoms with Crippen LogP contribution in [-0.2, 0) is 11.3 Å². The molecule has 0 amide bonds. The van der Waals surface area contributed by atoms with Crippen LogP contribution in [0.1, 0.15) is 19.6 Å². The molecule has 0 radical (unpaired) electrons. The van der Waals surface area contributed by atoms with Gasteiger partial charge in [-0.15, -0.1) is 0 Å². The Balaban J connectivity index is 2.02. The zero-order valence-corrected chi connectivity index (χ0v) is 16.4. The first-order chi connectivity index (χ1) is 14.5. The van der Waals surface area contributed by atoms with E-state index in [4.69, 9.17) is 13.9 Å². The minimum Gasteiger partial charge on any atom is -0.490 e. The first-order valence-electron chi connectivity index (χ1n) is 9.11. The van der Waals surface area contributed by atoms with Crippen molar-refractivity contribution in [2.24, 2.45) is 0 Å². The molecule has 30 heavy (non-hydrogen) atoms. The van der Waals surface area contributed by atoms with E-state index in [9.17, 15) is 13.6 Å². The van der Waals surface area contributed by atoms with E-state index in [1.165, 1.54) is 19.4 Å². The fraction of sp³-hybridized carbons (Fsp3) is 0.238. The Bertz CT molecular complexity index is 979. The summed E-state index contributed by atoms with van der Waals surface area (Å²) in [5.74, 6) is 0.600. The number of halogens is 2. The number of esters is 1. The number of nitrogens with zero attached hydrogens (tertiary/aromatic N) is 2. The summed E-state index contributed by atoms with van der Waals surface area (Å²) in [5, 5.41) is 0. The van der Waals surface area contributed by atoms with Gasteiger partial charge in [0.1, 0.15) is 11.5 Å². The van der Waals surface area contributed by atoms with Crippen LogP contribution in [0.2, 0.25) is 0 Å². The van der Waals surface area contributed by atoms with Crippen molar-refractivity contribution in [1.82, 2.24) is 4.98 Å². The summed E-state index contributed by atoms with van der Waals surface area (Å²) < 4.78 is 46.0. The van der Waals surface area contributed by atoms with Crippen LogP contribution in [0.4, 0.5) is 20.2 Å². The molecule has 3 aromatic rings. The summed E-state index contributed by atoms with van der Waals surface area (Å²) in [5.41, 5.74) is 1.30. The molecular weight excluding hydrogens is 398 g/mol. The minimum absolute atomic E-state index is 0.0659. The van der Waals surface area contributed by atoms with Crippen molar-refractivity contribution in [3.63, 3.8) is 0 Å². The SMILES string of the molecule is CCOc1cc(N(Cc2cnco2)c2cccc(OC(C)=O)c2)ccc1OC(F)F. The third-order valence-corrected chi connectivity index (χ3v) is 3.94. The van der Waals surface area contributed by atoms with E-state index in [2.05, 4.69) is 9.72 Å². The molecule has 0 aliphatic heterocycles. The fourth-order valence-corrected chi connectivity index (χ4v) is 2.81. The molecule has 7 nitrogen and oxygen atoms in total. The number of hydrogen-bond acceptors (Lipinski definition) is 7. The molecule has 158 valence electrons. The first-order valence-corrected chi connectivity index (χ1v) is 9.11. The normalized spacial score (nSPS) is 10.7. The molecule has 0 fully saturated rings. The maximum Gasteiger partial charge on any atom is 0.387 e. The number of ether oxygens (including phenoxy) is 3. The summed E-state index contributed by atoms with van der Waals surface area (Å²) in [6.07, 6.45) is 2.88. The lowest BCUT2D eigenvalue weighted by atomic mass is 10.2. The maximum atomic E-state index is 12.7. The van der Waals surface area contributed by atoms with E-state index in [-0.39, 0.29) is 24.7 Å². The van der Waals surface area contributed by atoms with Crippen LogP contribution in [-0.4, -0.2) is 24.2 Å². The van der Waals surface area contributed by atoms with E-state index in [1.807, 2.05) is 11.0 Å². The lowest BCUT2D eigenvalue weighted by Gasteiger charge is -2.25. The molecule has 9 heteroatoms. The predicted octanol–water partition coefficient (Wildman–Crippen LogP) is 4.94. The van der Waals surface area contributed by atoms with Crippen LogP contribution in [0.3, 0.4) is 0 Å². The highest BCUT2D eigenvalue weighted by molar-refractivity contribution is 5.71. The summed E-state index contributed by atoms with van der Waals surface area (Å²) in [6.45, 7) is 0.640. The number of hydrogen-bond donors (Lipinski definition) is 0. The number of benzene rings is 2. The van der Waals surface area contributed by atoms with Gasteiger partial charge in [0.05, 0.1) is 19.3 Å². The van der Waals surface area contributed by atoms with Gasteiger partial charge >= 0.3 is 12.6 Å². The number of anilines is 2. The second-order valence-corrected chi connectivity index (χ2v) is 6.09. The quantitative estimate of drug-likeness (QED) is 0.360. The van der Waals surface area contributed by atoms with Crippen LogP contribution in [0.25, 0.3) is 0 Å². The standard InChI is InChI=1S/C21H20F2N2O5/c1-3-27-20-10-16(7-8-19(20)30-21(22)23)25(12-18-11-24-13-28-18)15-5-4-6-17(9-15)29-14(2)26/h4-11,13,21H,3,12H2,1-2H3. The van der Waals surface area contributed by atoms with E-state index >= 15 is 0 Å². The Morgan fingerprint density at radius 2 is 1.97 bits per heavy atom. The topological polar surface area (TPSA) is 74.0 Å². The largest absolute Gasteiger partial charge is 0.490 e. The van der Waals surface area contributed by atoms with Crippen LogP contribution in [0.15, 0.2) is 59.5 Å². The average molecular weight is 418 g/mol. The van der Waals surface area contributed by atoms with Gasteiger partial charge < -0.3 is 23.5 Å². The van der Waals surface area contributed by atoms with Crippen molar-refractivity contribution in [2.75, 3.05) is 11.5 Å². The van der Waals surface area contributed by atoms with Gasteiger partial charge in [0.15, 0.2) is 17.9 Å². The molecule has 0 saturated carbocycles. The molecule has 2 aromatic carbocycles. The third-order valence-electron chi connectivity index (χ3n) is 3.94. The maximum absolute atomic E-state index is 12.7. The van der Waals surface area contributed by atoms with Crippen LogP contribution >= 0.6 is 0 Å². The van der Waals surface area contributed by atoms with Crippen molar-refractivity contribution in [2.45, 2.75) is 27.0 Å². The second kappa shape index (κ2) is 9.73. The molecule has 1 heterocycles. The Morgan fingerprint density at radius 1 is 1.17 bits per heavy atom. The summed E-state index contributed by atoms with van der Waals surface area (Å²) >= 11 is 0. The smallest absolute Gasteiger partial charge is 0.387 e. The van der Waals surface area contributed by atoms with Gasteiger partial charge in [0.25, 0.3) is 0 Å². The molecule has 1 aromatic heterocycles. The number of carbonyl (C=O) groups is 1. The zero-order chi connectivity index (χ0) is 21.5. The Labute approximate surface area is 171 Å². The molecule has 0 aliphatic carbocycles. The number of rotatable bonds is 9. The summed E-state index contributed by atoms with van der Waals surface area (Å²) in [7, 11) is 0. The lowest BCUT2D eigenvalue weighted by molar-refractivity contribution is -0.131. The highest BCUT2D eigenvalue weighted by Crippen LogP contribution is 2.37. The molecule has 0 atom stereocenters. The van der Waals surface area contributed by atoms with E-state index in [0.717, 1.165) is 0 Å². The first kappa shape index (κ1) is 21.1. The molecular formula is C21H20F2N2O5. The number of aromatic nitrogens is 1. The molecule has 3 rings (SSSR count). The van der Waals surface area contributed by atoms with Gasteiger partial charge in [-0.25, -0.2) is 4.98 Å². The molecule has 0 saturated heterocycles. The van der Waals surface area contributed by atoms with Gasteiger partial charge in [0.2, 0.25) is 0 Å². The van der Waals surface area contributed by atoms with Crippen LogP contribution in [0.5, 0.6) is 17.2 Å². The summed E-state index contributed by atoms with van der Waals surface area (Å²) in [4.78, 5) is 17.1. The van der Waals surface area contributed by atoms with Crippen LogP contribution < -0.4 is 19.1 Å². The van der Waals surface area contributed by atoms with Crippen molar-refractivity contribution < 1.29 is 32.2 Å². The second-order valence-electron chi connectivity index (χ2n) is 6.09. The average Bonchev–Trinajstić information content (AvgIpc) is 3.20. The fourth-order valence-electron chi connectivity index (χ4n) is 2.81. The van der Waals surface area contributed by atoms with E-state index in [0.29, 0.717) is 22.9 Å². The minimum atomic E-state index is -2.97. The van der Waals surface area contributed by atoms with Crippen molar-refractivity contribution in [3.05, 3.63) is 60.8 Å². The molecule has 0 spiro atoms. The Hall–Kier alpha value is -3.62. The molecule has 0 bridgehead atoms. The third kappa shape index (κ3) is 5.47. The number of carbonyl (C=O) groups excluding carboxylic acids is 1. The highest BCUT2D eigenvalue weighted by Gasteiger charge is 2.18. The Kier molecular flexibility index (Phi) is 6.84. The van der Waals surface area contributed by atoms with Gasteiger partial charge in [-0.1, -0.05) is 6.07 Å². The highest BCUT2D eigenvalue weighted by atomic mass is 19.3. The van der Waals surface area contributed by atoms with Gasteiger partial charge in [0, 0.05) is 30.4 Å². The molecule has 0 aliphatic rings. The monoisotopic (exact) mass is 418 g/mol. The molecule has 0 N–H and O–H groups in total. The van der Waals surface area contributed by atoms with Gasteiger partial charge in [-0.05, 0) is 31.2 Å². The zero-order valence-electron chi connectivity index (χ0n) is 16.4. The van der Waals surface area contributed by atoms with Gasteiger partial charge in [-0.3, -0.25) is 4.79 Å². The number of oxazole rings is 1. The lowest BCUT2D eigenvalue weighted by Crippen LogP contribution is -2.17.